The summed E-state index contributed by atoms with van der Waals surface area (Å²) in [5.41, 5.74) is 1.44. The van der Waals surface area contributed by atoms with Gasteiger partial charge in [-0.3, -0.25) is 0 Å². The summed E-state index contributed by atoms with van der Waals surface area (Å²) in [7, 11) is 1.36. The molecule has 17 heavy (non-hydrogen) atoms. The van der Waals surface area contributed by atoms with Crippen molar-refractivity contribution < 1.29 is 9.53 Å². The van der Waals surface area contributed by atoms with Gasteiger partial charge in [-0.2, -0.15) is 0 Å². The predicted molar refractivity (Wildman–Crippen MR) is 69.9 cm³/mol. The van der Waals surface area contributed by atoms with E-state index in [0.29, 0.717) is 5.56 Å². The number of hydrogen-bond acceptors (Lipinski definition) is 3. The highest BCUT2D eigenvalue weighted by atomic mass is 16.5. The van der Waals surface area contributed by atoms with Gasteiger partial charge in [0.15, 0.2) is 0 Å². The average Bonchev–Trinajstić information content (AvgIpc) is 2.38. The van der Waals surface area contributed by atoms with Crippen LogP contribution in [-0.2, 0) is 4.74 Å². The maximum absolute atomic E-state index is 11.2. The molecule has 0 aromatic heterocycles. The van der Waals surface area contributed by atoms with Gasteiger partial charge in [0, 0.05) is 11.9 Å². The van der Waals surface area contributed by atoms with Crippen molar-refractivity contribution >= 4 is 11.7 Å². The molecule has 1 aromatic carbocycles. The van der Waals surface area contributed by atoms with E-state index >= 15 is 0 Å². The minimum absolute atomic E-state index is 0.332. The molecule has 0 unspecified atom stereocenters. The van der Waals surface area contributed by atoms with Gasteiger partial charge in [-0.1, -0.05) is 24.8 Å². The highest BCUT2D eigenvalue weighted by Gasteiger charge is 2.03. The van der Waals surface area contributed by atoms with E-state index < -0.39 is 0 Å². The van der Waals surface area contributed by atoms with Crippen LogP contribution in [0, 0.1) is 0 Å². The average molecular weight is 229 g/mol. The Kier molecular flexibility index (Phi) is 5.31. The molecule has 1 rings (SSSR count). The fourth-order valence-electron chi connectivity index (χ4n) is 1.16. The van der Waals surface area contributed by atoms with Gasteiger partial charge in [-0.05, 0) is 30.3 Å². The second-order valence-corrected chi connectivity index (χ2v) is 3.19. The van der Waals surface area contributed by atoms with Crippen LogP contribution in [-0.4, -0.2) is 13.1 Å². The van der Waals surface area contributed by atoms with E-state index in [2.05, 4.69) is 16.6 Å². The molecule has 0 aliphatic heterocycles. The third-order valence-electron chi connectivity index (χ3n) is 2.01. The number of hydrogen-bond donors (Lipinski definition) is 1. The van der Waals surface area contributed by atoms with Gasteiger partial charge >= 0.3 is 5.97 Å². The number of benzene rings is 1. The molecule has 0 aliphatic carbocycles. The van der Waals surface area contributed by atoms with Crippen molar-refractivity contribution in [1.82, 2.24) is 0 Å². The Balaban J connectivity index is 2.56. The van der Waals surface area contributed by atoms with E-state index in [1.807, 2.05) is 30.4 Å². The molecule has 0 spiro atoms. The van der Waals surface area contributed by atoms with E-state index in [4.69, 9.17) is 0 Å². The zero-order chi connectivity index (χ0) is 12.5. The first-order valence-electron chi connectivity index (χ1n) is 5.17. The normalized spacial score (nSPS) is 10.6. The summed E-state index contributed by atoms with van der Waals surface area (Å²) in [5, 5.41) is 3.07. The molecular formula is C14H15NO2. The topological polar surface area (TPSA) is 38.3 Å². The van der Waals surface area contributed by atoms with E-state index in [9.17, 15) is 4.79 Å². The maximum atomic E-state index is 11.2. The van der Waals surface area contributed by atoms with Gasteiger partial charge in [0.2, 0.25) is 0 Å². The molecule has 0 aliphatic rings. The standard InChI is InChI=1S/C14H15NO2/c1-3-4-5-6-11-15-13-9-7-12(8-10-13)14(16)17-2/h3-11,15H,1H2,2H3/b5-4-,11-6-. The molecular weight excluding hydrogens is 214 g/mol. The summed E-state index contributed by atoms with van der Waals surface area (Å²) >= 11 is 0. The largest absolute Gasteiger partial charge is 0.465 e. The number of nitrogens with one attached hydrogen (secondary N) is 1. The van der Waals surface area contributed by atoms with Crippen molar-refractivity contribution in [2.45, 2.75) is 0 Å². The van der Waals surface area contributed by atoms with E-state index in [1.54, 1.807) is 24.4 Å². The second kappa shape index (κ2) is 7.06. The number of methoxy groups -OCH3 is 1. The van der Waals surface area contributed by atoms with Crippen molar-refractivity contribution in [2.75, 3.05) is 12.4 Å². The number of carbonyl (C=O) groups excluding carboxylic acids is 1. The molecule has 1 N–H and O–H groups in total. The molecule has 0 bridgehead atoms. The zero-order valence-electron chi connectivity index (χ0n) is 9.72. The number of anilines is 1. The van der Waals surface area contributed by atoms with E-state index in [0.717, 1.165) is 5.69 Å². The fourth-order valence-corrected chi connectivity index (χ4v) is 1.16. The molecule has 3 heteroatoms. The Morgan fingerprint density at radius 1 is 1.24 bits per heavy atom. The molecule has 88 valence electrons. The number of esters is 1. The summed E-state index contributed by atoms with van der Waals surface area (Å²) in [6, 6.07) is 7.05. The summed E-state index contributed by atoms with van der Waals surface area (Å²) in [5.74, 6) is -0.332. The SMILES string of the molecule is C=C/C=C\C=C/Nc1ccc(C(=O)OC)cc1. The molecule has 0 saturated heterocycles. The lowest BCUT2D eigenvalue weighted by molar-refractivity contribution is 0.0601. The van der Waals surface area contributed by atoms with Crippen LogP contribution in [0.5, 0.6) is 0 Å². The molecule has 3 nitrogen and oxygen atoms in total. The second-order valence-electron chi connectivity index (χ2n) is 3.19. The molecule has 0 radical (unpaired) electrons. The minimum Gasteiger partial charge on any atom is -0.465 e. The maximum Gasteiger partial charge on any atom is 0.337 e. The summed E-state index contributed by atoms with van der Waals surface area (Å²) in [4.78, 5) is 11.2. The predicted octanol–water partition coefficient (Wildman–Crippen LogP) is 3.14. The number of carbonyl (C=O) groups is 1. The highest BCUT2D eigenvalue weighted by Crippen LogP contribution is 2.10. The smallest absolute Gasteiger partial charge is 0.337 e. The molecule has 1 aromatic rings. The molecule has 0 atom stereocenters. The highest BCUT2D eigenvalue weighted by molar-refractivity contribution is 5.89. The summed E-state index contributed by atoms with van der Waals surface area (Å²) in [6.07, 6.45) is 9.06. The Hall–Kier alpha value is -2.29. The third-order valence-corrected chi connectivity index (χ3v) is 2.01. The summed E-state index contributed by atoms with van der Waals surface area (Å²) in [6.45, 7) is 3.57. The van der Waals surface area contributed by atoms with Crippen LogP contribution in [0.15, 0.2) is 61.3 Å². The van der Waals surface area contributed by atoms with Crippen LogP contribution in [0.25, 0.3) is 0 Å². The zero-order valence-corrected chi connectivity index (χ0v) is 9.72. The Morgan fingerprint density at radius 3 is 2.53 bits per heavy atom. The Labute approximate surface area is 101 Å². The van der Waals surface area contributed by atoms with Crippen LogP contribution >= 0.6 is 0 Å². The monoisotopic (exact) mass is 229 g/mol. The minimum atomic E-state index is -0.332. The van der Waals surface area contributed by atoms with Gasteiger partial charge in [-0.15, -0.1) is 0 Å². The lowest BCUT2D eigenvalue weighted by Gasteiger charge is -2.02. The van der Waals surface area contributed by atoms with Crippen LogP contribution in [0.1, 0.15) is 10.4 Å². The molecule has 0 saturated carbocycles. The first kappa shape index (κ1) is 12.8. The third kappa shape index (κ3) is 4.38. The number of ether oxygens (including phenoxy) is 1. The Morgan fingerprint density at radius 2 is 1.94 bits per heavy atom. The lowest BCUT2D eigenvalue weighted by Crippen LogP contribution is -2.00. The fraction of sp³-hybridized carbons (Fsp3) is 0.0714. The van der Waals surface area contributed by atoms with E-state index in [-0.39, 0.29) is 5.97 Å². The first-order chi connectivity index (χ1) is 8.27. The Bertz CT molecular complexity index is 430. The van der Waals surface area contributed by atoms with Gasteiger partial charge in [0.1, 0.15) is 0 Å². The first-order valence-corrected chi connectivity index (χ1v) is 5.17. The van der Waals surface area contributed by atoms with Crippen molar-refractivity contribution in [2.24, 2.45) is 0 Å². The summed E-state index contributed by atoms with van der Waals surface area (Å²) < 4.78 is 4.61. The molecule has 0 fully saturated rings. The molecule has 0 amide bonds. The number of rotatable bonds is 5. The van der Waals surface area contributed by atoms with Crippen LogP contribution < -0.4 is 5.32 Å². The van der Waals surface area contributed by atoms with Gasteiger partial charge in [0.05, 0.1) is 12.7 Å². The van der Waals surface area contributed by atoms with Crippen LogP contribution in [0.4, 0.5) is 5.69 Å². The van der Waals surface area contributed by atoms with Crippen LogP contribution in [0.3, 0.4) is 0 Å². The van der Waals surface area contributed by atoms with Crippen molar-refractivity contribution in [1.29, 1.82) is 0 Å². The van der Waals surface area contributed by atoms with Crippen molar-refractivity contribution in [3.05, 3.63) is 66.9 Å². The lowest BCUT2D eigenvalue weighted by atomic mass is 10.2. The van der Waals surface area contributed by atoms with Gasteiger partial charge in [-0.25, -0.2) is 4.79 Å². The number of allylic oxidation sites excluding steroid dienone is 4. The van der Waals surface area contributed by atoms with Gasteiger partial charge in [0.25, 0.3) is 0 Å². The van der Waals surface area contributed by atoms with Gasteiger partial charge < -0.3 is 10.1 Å². The quantitative estimate of drug-likeness (QED) is 0.622. The van der Waals surface area contributed by atoms with Crippen molar-refractivity contribution in [3.8, 4) is 0 Å². The van der Waals surface area contributed by atoms with E-state index in [1.165, 1.54) is 7.11 Å². The molecule has 0 heterocycles. The van der Waals surface area contributed by atoms with Crippen molar-refractivity contribution in [3.63, 3.8) is 0 Å². The van der Waals surface area contributed by atoms with Crippen LogP contribution in [0.2, 0.25) is 0 Å².